The van der Waals surface area contributed by atoms with Crippen molar-refractivity contribution in [3.05, 3.63) is 77.2 Å². The van der Waals surface area contributed by atoms with Gasteiger partial charge in [-0.3, -0.25) is 9.59 Å². The predicted octanol–water partition coefficient (Wildman–Crippen LogP) is 3.07. The fourth-order valence-corrected chi connectivity index (χ4v) is 3.23. The molecule has 0 aliphatic carbocycles. The van der Waals surface area contributed by atoms with Crippen molar-refractivity contribution in [2.45, 2.75) is 19.8 Å². The summed E-state index contributed by atoms with van der Waals surface area (Å²) in [5.41, 5.74) is 2.18. The van der Waals surface area contributed by atoms with Crippen molar-refractivity contribution in [2.24, 2.45) is 0 Å². The maximum Gasteiger partial charge on any atom is 0.251 e. The summed E-state index contributed by atoms with van der Waals surface area (Å²) in [5.74, 6) is 1.09. The lowest BCUT2D eigenvalue weighted by atomic mass is 10.1. The molecule has 2 aromatic carbocycles. The summed E-state index contributed by atoms with van der Waals surface area (Å²) in [5, 5.41) is 5.39. The number of furan rings is 1. The highest BCUT2D eigenvalue weighted by Gasteiger charge is 2.17. The molecule has 0 unspecified atom stereocenters. The fourth-order valence-electron chi connectivity index (χ4n) is 3.23. The van der Waals surface area contributed by atoms with Crippen molar-refractivity contribution < 1.29 is 33.0 Å². The molecule has 180 valence electrons. The van der Waals surface area contributed by atoms with E-state index in [0.717, 1.165) is 16.9 Å². The van der Waals surface area contributed by atoms with Gasteiger partial charge in [-0.2, -0.15) is 0 Å². The van der Waals surface area contributed by atoms with Gasteiger partial charge in [-0.15, -0.1) is 0 Å². The van der Waals surface area contributed by atoms with Crippen LogP contribution in [0.5, 0.6) is 17.2 Å². The zero-order chi connectivity index (χ0) is 24.3. The Morgan fingerprint density at radius 1 is 0.853 bits per heavy atom. The molecule has 9 nitrogen and oxygen atoms in total. The molecule has 3 rings (SSSR count). The second-order valence-electron chi connectivity index (χ2n) is 7.27. The van der Waals surface area contributed by atoms with Crippen LogP contribution < -0.4 is 24.8 Å². The first-order chi connectivity index (χ1) is 16.5. The second kappa shape index (κ2) is 12.3. The van der Waals surface area contributed by atoms with Gasteiger partial charge in [0.05, 0.1) is 40.7 Å². The van der Waals surface area contributed by atoms with Crippen LogP contribution in [0.3, 0.4) is 0 Å². The van der Waals surface area contributed by atoms with Crippen LogP contribution in [-0.2, 0) is 29.3 Å². The molecule has 0 atom stereocenters. The van der Waals surface area contributed by atoms with E-state index in [1.54, 1.807) is 6.26 Å². The fraction of sp³-hybridized carbons (Fsp3) is 0.280. The molecule has 0 saturated carbocycles. The highest BCUT2D eigenvalue weighted by Crippen LogP contribution is 2.38. The lowest BCUT2D eigenvalue weighted by Gasteiger charge is -2.14. The number of hydrogen-bond acceptors (Lipinski definition) is 7. The van der Waals surface area contributed by atoms with Gasteiger partial charge in [-0.05, 0) is 35.4 Å². The summed E-state index contributed by atoms with van der Waals surface area (Å²) < 4.78 is 26.7. The molecule has 2 amide bonds. The normalized spacial score (nSPS) is 10.4. The van der Waals surface area contributed by atoms with E-state index in [1.165, 1.54) is 33.5 Å². The maximum absolute atomic E-state index is 12.5. The van der Waals surface area contributed by atoms with Crippen LogP contribution >= 0.6 is 0 Å². The third-order valence-corrected chi connectivity index (χ3v) is 4.91. The molecule has 9 heteroatoms. The molecule has 0 saturated heterocycles. The van der Waals surface area contributed by atoms with Crippen LogP contribution in [-0.4, -0.2) is 39.7 Å². The van der Waals surface area contributed by atoms with Gasteiger partial charge in [0.2, 0.25) is 11.7 Å². The number of hydrogen-bond donors (Lipinski definition) is 2. The van der Waals surface area contributed by atoms with E-state index in [0.29, 0.717) is 37.0 Å². The molecule has 0 bridgehead atoms. The number of carbonyl (C=O) groups excluding carboxylic acids is 2. The number of ether oxygens (including phenoxy) is 4. The highest BCUT2D eigenvalue weighted by atomic mass is 16.5. The predicted molar refractivity (Wildman–Crippen MR) is 124 cm³/mol. The molecule has 1 aromatic heterocycles. The van der Waals surface area contributed by atoms with E-state index in [2.05, 4.69) is 10.6 Å². The Balaban J connectivity index is 1.47. The van der Waals surface area contributed by atoms with E-state index >= 15 is 0 Å². The number of benzene rings is 2. The van der Waals surface area contributed by atoms with Gasteiger partial charge < -0.3 is 34.0 Å². The first-order valence-corrected chi connectivity index (χ1v) is 10.6. The standard InChI is InChI=1S/C25H28N2O7/c1-30-21-11-19(12-22(31-2)24(21)32-3)25(29)27-14-23(28)26-13-17-6-4-7-18(10-17)15-33-16-20-8-5-9-34-20/h4-12H,13-16H2,1-3H3,(H,26,28)(H,27,29). The summed E-state index contributed by atoms with van der Waals surface area (Å²) in [6.07, 6.45) is 1.61. The summed E-state index contributed by atoms with van der Waals surface area (Å²) >= 11 is 0. The van der Waals surface area contributed by atoms with Crippen molar-refractivity contribution in [1.29, 1.82) is 0 Å². The molecular formula is C25H28N2O7. The quantitative estimate of drug-likeness (QED) is 0.421. The topological polar surface area (TPSA) is 108 Å². The molecule has 0 aliphatic rings. The van der Waals surface area contributed by atoms with E-state index in [-0.39, 0.29) is 18.0 Å². The number of amides is 2. The molecule has 2 N–H and O–H groups in total. The Morgan fingerprint density at radius 3 is 2.24 bits per heavy atom. The number of carbonyl (C=O) groups is 2. The third kappa shape index (κ3) is 6.76. The van der Waals surface area contributed by atoms with Gasteiger partial charge in [-0.25, -0.2) is 0 Å². The van der Waals surface area contributed by atoms with Crippen LogP contribution in [0, 0.1) is 0 Å². The van der Waals surface area contributed by atoms with Gasteiger partial charge in [0.25, 0.3) is 5.91 Å². The number of nitrogens with one attached hydrogen (secondary N) is 2. The smallest absolute Gasteiger partial charge is 0.251 e. The SMILES string of the molecule is COc1cc(C(=O)NCC(=O)NCc2cccc(COCc3ccco3)c2)cc(OC)c1OC. The Labute approximate surface area is 198 Å². The van der Waals surface area contributed by atoms with Crippen LogP contribution in [0.15, 0.2) is 59.2 Å². The molecule has 0 fully saturated rings. The summed E-state index contributed by atoms with van der Waals surface area (Å²) in [4.78, 5) is 24.8. The zero-order valence-electron chi connectivity index (χ0n) is 19.4. The van der Waals surface area contributed by atoms with Crippen molar-refractivity contribution in [3.63, 3.8) is 0 Å². The van der Waals surface area contributed by atoms with Crippen LogP contribution in [0.1, 0.15) is 27.2 Å². The summed E-state index contributed by atoms with van der Waals surface area (Å²) in [6.45, 7) is 0.958. The van der Waals surface area contributed by atoms with Crippen LogP contribution in [0.4, 0.5) is 0 Å². The lowest BCUT2D eigenvalue weighted by molar-refractivity contribution is -0.120. The van der Waals surface area contributed by atoms with Crippen molar-refractivity contribution >= 4 is 11.8 Å². The minimum atomic E-state index is -0.440. The third-order valence-electron chi connectivity index (χ3n) is 4.91. The summed E-state index contributed by atoms with van der Waals surface area (Å²) in [7, 11) is 4.41. The maximum atomic E-state index is 12.5. The second-order valence-corrected chi connectivity index (χ2v) is 7.27. The average Bonchev–Trinajstić information content (AvgIpc) is 3.38. The first-order valence-electron chi connectivity index (χ1n) is 10.6. The average molecular weight is 469 g/mol. The van der Waals surface area contributed by atoms with Gasteiger partial charge >= 0.3 is 0 Å². The van der Waals surface area contributed by atoms with E-state index in [9.17, 15) is 9.59 Å². The molecule has 3 aromatic rings. The first kappa shape index (κ1) is 24.7. The Kier molecular flexibility index (Phi) is 8.93. The molecular weight excluding hydrogens is 440 g/mol. The van der Waals surface area contributed by atoms with Gasteiger partial charge in [-0.1, -0.05) is 24.3 Å². The Hall–Kier alpha value is -3.98. The van der Waals surface area contributed by atoms with Gasteiger partial charge in [0.1, 0.15) is 12.4 Å². The number of methoxy groups -OCH3 is 3. The Morgan fingerprint density at radius 2 is 1.59 bits per heavy atom. The molecule has 0 aliphatic heterocycles. The van der Waals surface area contributed by atoms with Crippen LogP contribution in [0.2, 0.25) is 0 Å². The minimum Gasteiger partial charge on any atom is -0.493 e. The molecule has 34 heavy (non-hydrogen) atoms. The van der Waals surface area contributed by atoms with E-state index in [4.69, 9.17) is 23.4 Å². The van der Waals surface area contributed by atoms with Crippen molar-refractivity contribution in [3.8, 4) is 17.2 Å². The van der Waals surface area contributed by atoms with E-state index in [1.807, 2.05) is 36.4 Å². The zero-order valence-corrected chi connectivity index (χ0v) is 19.4. The molecule has 0 radical (unpaired) electrons. The largest absolute Gasteiger partial charge is 0.493 e. The van der Waals surface area contributed by atoms with Crippen molar-refractivity contribution in [2.75, 3.05) is 27.9 Å². The highest BCUT2D eigenvalue weighted by molar-refractivity contribution is 5.97. The monoisotopic (exact) mass is 468 g/mol. The number of rotatable bonds is 12. The Bertz CT molecular complexity index is 1070. The van der Waals surface area contributed by atoms with Gasteiger partial charge in [0, 0.05) is 12.1 Å². The van der Waals surface area contributed by atoms with Gasteiger partial charge in [0.15, 0.2) is 11.5 Å². The minimum absolute atomic E-state index is 0.179. The summed E-state index contributed by atoms with van der Waals surface area (Å²) in [6, 6.07) is 14.4. The molecule has 0 spiro atoms. The van der Waals surface area contributed by atoms with Crippen LogP contribution in [0.25, 0.3) is 0 Å². The van der Waals surface area contributed by atoms with Crippen molar-refractivity contribution in [1.82, 2.24) is 10.6 Å². The van der Waals surface area contributed by atoms with E-state index < -0.39 is 5.91 Å². The lowest BCUT2D eigenvalue weighted by Crippen LogP contribution is -2.36. The molecule has 1 heterocycles.